The first-order valence-electron chi connectivity index (χ1n) is 7.85. The van der Waals surface area contributed by atoms with Crippen LogP contribution in [0.2, 0.25) is 10.0 Å². The van der Waals surface area contributed by atoms with Gasteiger partial charge in [-0.1, -0.05) is 45.2 Å². The van der Waals surface area contributed by atoms with E-state index in [0.717, 1.165) is 5.56 Å². The van der Waals surface area contributed by atoms with Gasteiger partial charge >= 0.3 is 6.61 Å². The Morgan fingerprint density at radius 1 is 1.18 bits per heavy atom. The Hall–Kier alpha value is -2.16. The first kappa shape index (κ1) is 20.6. The lowest BCUT2D eigenvalue weighted by atomic mass is 10.2. The molecule has 0 aliphatic carbocycles. The number of carbonyl (C=O) groups excluding carboxylic acids is 1. The highest BCUT2D eigenvalue weighted by molar-refractivity contribution is 9.10. The molecule has 28 heavy (non-hydrogen) atoms. The van der Waals surface area contributed by atoms with Crippen molar-refractivity contribution in [3.05, 3.63) is 74.3 Å². The van der Waals surface area contributed by atoms with Gasteiger partial charge < -0.3 is 10.1 Å². The average molecular weight is 491 g/mol. The van der Waals surface area contributed by atoms with E-state index in [2.05, 4.69) is 31.1 Å². The molecule has 10 heteroatoms. The fourth-order valence-electron chi connectivity index (χ4n) is 2.40. The maximum absolute atomic E-state index is 12.6. The summed E-state index contributed by atoms with van der Waals surface area (Å²) in [7, 11) is 0. The first-order valence-corrected chi connectivity index (χ1v) is 9.40. The second kappa shape index (κ2) is 8.89. The zero-order valence-electron chi connectivity index (χ0n) is 14.0. The highest BCUT2D eigenvalue weighted by Crippen LogP contribution is 2.26. The molecule has 3 rings (SSSR count). The summed E-state index contributed by atoms with van der Waals surface area (Å²) >= 11 is 15.1. The summed E-state index contributed by atoms with van der Waals surface area (Å²) in [5.41, 5.74) is 0.823. The molecule has 1 aromatic heterocycles. The Kier molecular flexibility index (Phi) is 6.53. The van der Waals surface area contributed by atoms with Gasteiger partial charge in [0.1, 0.15) is 5.75 Å². The van der Waals surface area contributed by atoms with Gasteiger partial charge in [-0.15, -0.1) is 0 Å². The van der Waals surface area contributed by atoms with Crippen molar-refractivity contribution < 1.29 is 18.3 Å². The van der Waals surface area contributed by atoms with Crippen LogP contribution >= 0.6 is 39.1 Å². The van der Waals surface area contributed by atoms with Gasteiger partial charge in [-0.2, -0.15) is 13.9 Å². The Bertz CT molecular complexity index is 1010. The topological polar surface area (TPSA) is 56.2 Å². The van der Waals surface area contributed by atoms with Crippen LogP contribution in [-0.4, -0.2) is 22.3 Å². The number of nitrogens with zero attached hydrogens (tertiary/aromatic N) is 2. The summed E-state index contributed by atoms with van der Waals surface area (Å²) in [4.78, 5) is 12.5. The molecule has 5 nitrogen and oxygen atoms in total. The monoisotopic (exact) mass is 489 g/mol. The van der Waals surface area contributed by atoms with E-state index in [1.807, 2.05) is 6.07 Å². The van der Waals surface area contributed by atoms with Gasteiger partial charge in [0.25, 0.3) is 5.91 Å². The van der Waals surface area contributed by atoms with Crippen molar-refractivity contribution in [1.29, 1.82) is 0 Å². The minimum atomic E-state index is -3.04. The van der Waals surface area contributed by atoms with Gasteiger partial charge in [-0.05, 0) is 35.9 Å². The quantitative estimate of drug-likeness (QED) is 0.471. The van der Waals surface area contributed by atoms with Crippen LogP contribution < -0.4 is 10.1 Å². The second-order valence-corrected chi connectivity index (χ2v) is 7.35. The standard InChI is InChI=1S/C18H12BrCl2F2N3O2/c19-11-2-4-15(28-18(22)23)12(8-11)17(27)24-16-5-6-26(25-16)9-10-1-3-13(20)14(21)7-10/h1-8,18H,9H2,(H,24,25,27). The smallest absolute Gasteiger partial charge is 0.387 e. The molecule has 0 bridgehead atoms. The number of hydrogen-bond donors (Lipinski definition) is 1. The molecule has 0 saturated heterocycles. The van der Waals surface area contributed by atoms with Crippen molar-refractivity contribution in [1.82, 2.24) is 9.78 Å². The van der Waals surface area contributed by atoms with Crippen LogP contribution in [0.4, 0.5) is 14.6 Å². The summed E-state index contributed by atoms with van der Waals surface area (Å²) in [5, 5.41) is 7.69. The Labute approximate surface area is 177 Å². The molecule has 1 amide bonds. The van der Waals surface area contributed by atoms with E-state index in [1.165, 1.54) is 18.2 Å². The Morgan fingerprint density at radius 3 is 2.68 bits per heavy atom. The normalized spacial score (nSPS) is 10.9. The van der Waals surface area contributed by atoms with Gasteiger partial charge in [0.15, 0.2) is 5.82 Å². The number of aromatic nitrogens is 2. The van der Waals surface area contributed by atoms with Crippen molar-refractivity contribution in [2.75, 3.05) is 5.32 Å². The molecule has 3 aromatic rings. The molecular weight excluding hydrogens is 479 g/mol. The van der Waals surface area contributed by atoms with Gasteiger partial charge in [-0.25, -0.2) is 0 Å². The van der Waals surface area contributed by atoms with Crippen molar-refractivity contribution in [3.8, 4) is 5.75 Å². The molecule has 0 saturated carbocycles. The predicted octanol–water partition coefficient (Wildman–Crippen LogP) is 5.85. The summed E-state index contributed by atoms with van der Waals surface area (Å²) in [5.74, 6) is -0.601. The molecule has 1 N–H and O–H groups in total. The fraction of sp³-hybridized carbons (Fsp3) is 0.111. The van der Waals surface area contributed by atoms with Crippen LogP contribution in [0, 0.1) is 0 Å². The van der Waals surface area contributed by atoms with Crippen molar-refractivity contribution in [3.63, 3.8) is 0 Å². The highest BCUT2D eigenvalue weighted by atomic mass is 79.9. The van der Waals surface area contributed by atoms with Crippen LogP contribution in [0.25, 0.3) is 0 Å². The Balaban J connectivity index is 1.73. The predicted molar refractivity (Wildman–Crippen MR) is 107 cm³/mol. The van der Waals surface area contributed by atoms with Crippen molar-refractivity contribution in [2.45, 2.75) is 13.2 Å². The number of hydrogen-bond acceptors (Lipinski definition) is 3. The molecular formula is C18H12BrCl2F2N3O2. The van der Waals surface area contributed by atoms with Gasteiger partial charge in [0.2, 0.25) is 0 Å². The highest BCUT2D eigenvalue weighted by Gasteiger charge is 2.17. The third kappa shape index (κ3) is 5.21. The van der Waals surface area contributed by atoms with E-state index in [1.54, 1.807) is 29.1 Å². The molecule has 0 unspecified atom stereocenters. The van der Waals surface area contributed by atoms with Crippen LogP contribution in [0.3, 0.4) is 0 Å². The summed E-state index contributed by atoms with van der Waals surface area (Å²) < 4.78 is 31.6. The molecule has 0 aliphatic rings. The van der Waals surface area contributed by atoms with E-state index in [4.69, 9.17) is 23.2 Å². The Morgan fingerprint density at radius 2 is 1.96 bits per heavy atom. The van der Waals surface area contributed by atoms with Crippen molar-refractivity contribution >= 4 is 50.9 Å². The summed E-state index contributed by atoms with van der Waals surface area (Å²) in [6.07, 6.45) is 1.66. The maximum Gasteiger partial charge on any atom is 0.387 e. The molecule has 0 fully saturated rings. The molecule has 0 spiro atoms. The number of rotatable bonds is 6. The lowest BCUT2D eigenvalue weighted by Crippen LogP contribution is -2.15. The molecule has 2 aromatic carbocycles. The van der Waals surface area contributed by atoms with Crippen LogP contribution in [0.5, 0.6) is 5.75 Å². The van der Waals surface area contributed by atoms with Gasteiger partial charge in [0, 0.05) is 16.7 Å². The van der Waals surface area contributed by atoms with Crippen molar-refractivity contribution in [2.24, 2.45) is 0 Å². The van der Waals surface area contributed by atoms with E-state index >= 15 is 0 Å². The number of alkyl halides is 2. The summed E-state index contributed by atoms with van der Waals surface area (Å²) in [6, 6.07) is 11.0. The minimum Gasteiger partial charge on any atom is -0.434 e. The van der Waals surface area contributed by atoms with E-state index in [9.17, 15) is 13.6 Å². The molecule has 0 atom stereocenters. The van der Waals surface area contributed by atoms with Gasteiger partial charge in [0.05, 0.1) is 22.2 Å². The summed E-state index contributed by atoms with van der Waals surface area (Å²) in [6.45, 7) is -2.64. The number of carbonyl (C=O) groups is 1. The third-order valence-corrected chi connectivity index (χ3v) is 4.85. The molecule has 0 aliphatic heterocycles. The number of ether oxygens (including phenoxy) is 1. The minimum absolute atomic E-state index is 0.0475. The first-order chi connectivity index (χ1) is 13.3. The number of anilines is 1. The van der Waals surface area contributed by atoms with E-state index < -0.39 is 12.5 Å². The van der Waals surface area contributed by atoms with Gasteiger partial charge in [-0.3, -0.25) is 9.48 Å². The van der Waals surface area contributed by atoms with Crippen LogP contribution in [-0.2, 0) is 6.54 Å². The lowest BCUT2D eigenvalue weighted by Gasteiger charge is -2.10. The number of benzene rings is 2. The lowest BCUT2D eigenvalue weighted by molar-refractivity contribution is -0.0501. The number of halogens is 5. The zero-order valence-corrected chi connectivity index (χ0v) is 17.1. The fourth-order valence-corrected chi connectivity index (χ4v) is 3.09. The zero-order chi connectivity index (χ0) is 20.3. The molecule has 0 radical (unpaired) electrons. The third-order valence-electron chi connectivity index (χ3n) is 3.61. The van der Waals surface area contributed by atoms with E-state index in [-0.39, 0.29) is 17.1 Å². The second-order valence-electron chi connectivity index (χ2n) is 5.62. The number of nitrogens with one attached hydrogen (secondary N) is 1. The average Bonchev–Trinajstić information content (AvgIpc) is 3.06. The SMILES string of the molecule is O=C(Nc1ccn(Cc2ccc(Cl)c(Cl)c2)n1)c1cc(Br)ccc1OC(F)F. The number of amides is 1. The molecule has 146 valence electrons. The molecule has 1 heterocycles. The largest absolute Gasteiger partial charge is 0.434 e. The van der Waals surface area contributed by atoms with E-state index in [0.29, 0.717) is 21.1 Å². The van der Waals surface area contributed by atoms with Crippen LogP contribution in [0.15, 0.2) is 53.1 Å². The maximum atomic E-state index is 12.6. The van der Waals surface area contributed by atoms with Crippen LogP contribution in [0.1, 0.15) is 15.9 Å².